The van der Waals surface area contributed by atoms with Gasteiger partial charge in [-0.25, -0.2) is 13.2 Å². The van der Waals surface area contributed by atoms with E-state index in [0.717, 1.165) is 5.69 Å². The van der Waals surface area contributed by atoms with Crippen LogP contribution in [0.2, 0.25) is 0 Å². The Hall–Kier alpha value is -4.79. The Morgan fingerprint density at radius 2 is 1.64 bits per heavy atom. The van der Waals surface area contributed by atoms with E-state index in [9.17, 15) is 13.6 Å². The van der Waals surface area contributed by atoms with Crippen LogP contribution < -0.4 is 9.47 Å². The zero-order valence-corrected chi connectivity index (χ0v) is 23.4. The lowest BCUT2D eigenvalue weighted by Gasteiger charge is -2.17. The molecule has 1 N–H and O–H groups in total. The number of hydrogen-bond acceptors (Lipinski definition) is 4. The van der Waals surface area contributed by atoms with Gasteiger partial charge in [0.1, 0.15) is 0 Å². The fourth-order valence-electron chi connectivity index (χ4n) is 5.01. The lowest BCUT2D eigenvalue weighted by molar-refractivity contribution is 0.0506. The van der Waals surface area contributed by atoms with Crippen molar-refractivity contribution in [2.75, 3.05) is 27.8 Å². The van der Waals surface area contributed by atoms with Crippen molar-refractivity contribution in [1.29, 1.82) is 0 Å². The minimum Gasteiger partial charge on any atom is -0.493 e. The molecule has 0 spiro atoms. The van der Waals surface area contributed by atoms with Crippen LogP contribution in [0.4, 0.5) is 13.2 Å². The maximum Gasteiger partial charge on any atom is 0.273 e. The van der Waals surface area contributed by atoms with Crippen LogP contribution in [0, 0.1) is 0 Å². The van der Waals surface area contributed by atoms with Crippen LogP contribution in [-0.4, -0.2) is 55.0 Å². The van der Waals surface area contributed by atoms with Crippen molar-refractivity contribution in [3.05, 3.63) is 102 Å². The fraction of sp³-hybridized carbons (Fsp3) is 0.212. The van der Waals surface area contributed by atoms with E-state index in [1.54, 1.807) is 66.7 Å². The standard InChI is InChI=1S/C33H30F3N3O3/c1-39(16-14-24-9-4-5-15-37-24)33(40)23-8-6-7-20(17-23)21-10-12-26-25(18-21)29(30(34)32(35)36)31(38-26)22-11-13-27(41-2)28(19-22)42-3/h4-13,15,17-19,30,32,38H,14,16H2,1-3H3. The Morgan fingerprint density at radius 1 is 0.881 bits per heavy atom. The second kappa shape index (κ2) is 12.4. The highest BCUT2D eigenvalue weighted by Crippen LogP contribution is 2.42. The Labute approximate surface area is 241 Å². The summed E-state index contributed by atoms with van der Waals surface area (Å²) >= 11 is 0. The maximum atomic E-state index is 15.2. The molecule has 0 fully saturated rings. The topological polar surface area (TPSA) is 67.5 Å². The number of benzene rings is 3. The number of methoxy groups -OCH3 is 2. The smallest absolute Gasteiger partial charge is 0.273 e. The van der Waals surface area contributed by atoms with Gasteiger partial charge in [-0.3, -0.25) is 9.78 Å². The van der Waals surface area contributed by atoms with Gasteiger partial charge in [0.05, 0.1) is 19.9 Å². The fourth-order valence-corrected chi connectivity index (χ4v) is 5.01. The number of aromatic amines is 1. The van der Waals surface area contributed by atoms with Crippen molar-refractivity contribution < 1.29 is 27.4 Å². The second-order valence-corrected chi connectivity index (χ2v) is 9.86. The average Bonchev–Trinajstić information content (AvgIpc) is 3.41. The predicted molar refractivity (Wildman–Crippen MR) is 157 cm³/mol. The van der Waals surface area contributed by atoms with E-state index in [0.29, 0.717) is 57.6 Å². The first-order valence-corrected chi connectivity index (χ1v) is 13.4. The van der Waals surface area contributed by atoms with Gasteiger partial charge in [0.15, 0.2) is 17.7 Å². The van der Waals surface area contributed by atoms with E-state index in [4.69, 9.17) is 9.47 Å². The number of ether oxygens (including phenoxy) is 2. The first-order valence-electron chi connectivity index (χ1n) is 13.4. The number of halogens is 3. The number of H-pyrrole nitrogens is 1. The second-order valence-electron chi connectivity index (χ2n) is 9.86. The van der Waals surface area contributed by atoms with Gasteiger partial charge in [0, 0.05) is 59.5 Å². The van der Waals surface area contributed by atoms with E-state index in [1.807, 2.05) is 30.3 Å². The number of pyridine rings is 1. The Bertz CT molecular complexity index is 1710. The van der Waals surface area contributed by atoms with Gasteiger partial charge in [-0.2, -0.15) is 0 Å². The number of aromatic nitrogens is 2. The van der Waals surface area contributed by atoms with Crippen molar-refractivity contribution in [3.8, 4) is 33.9 Å². The van der Waals surface area contributed by atoms with Gasteiger partial charge < -0.3 is 19.4 Å². The van der Waals surface area contributed by atoms with Crippen molar-refractivity contribution in [2.45, 2.75) is 19.0 Å². The third-order valence-electron chi connectivity index (χ3n) is 7.23. The highest BCUT2D eigenvalue weighted by molar-refractivity contribution is 5.97. The first-order chi connectivity index (χ1) is 20.3. The summed E-state index contributed by atoms with van der Waals surface area (Å²) in [6.45, 7) is 0.489. The van der Waals surface area contributed by atoms with Gasteiger partial charge in [0.2, 0.25) is 0 Å². The molecular formula is C33H30F3N3O3. The molecule has 216 valence electrons. The number of rotatable bonds is 10. The summed E-state index contributed by atoms with van der Waals surface area (Å²) in [5.41, 5.74) is 3.80. The molecule has 0 saturated carbocycles. The molecule has 1 amide bonds. The summed E-state index contributed by atoms with van der Waals surface area (Å²) in [7, 11) is 4.69. The van der Waals surface area contributed by atoms with Crippen molar-refractivity contribution in [3.63, 3.8) is 0 Å². The summed E-state index contributed by atoms with van der Waals surface area (Å²) in [4.78, 5) is 22.2. The predicted octanol–water partition coefficient (Wildman–Crippen LogP) is 7.50. The molecule has 0 aliphatic carbocycles. The van der Waals surface area contributed by atoms with Crippen LogP contribution in [0.5, 0.6) is 11.5 Å². The summed E-state index contributed by atoms with van der Waals surface area (Å²) in [6.07, 6.45) is -3.42. The van der Waals surface area contributed by atoms with Gasteiger partial charge in [-0.05, 0) is 65.7 Å². The molecule has 6 nitrogen and oxygen atoms in total. The molecule has 0 aliphatic heterocycles. The molecular weight excluding hydrogens is 543 g/mol. The average molecular weight is 574 g/mol. The van der Waals surface area contributed by atoms with Gasteiger partial charge in [-0.1, -0.05) is 24.3 Å². The number of carbonyl (C=O) groups excluding carboxylic acids is 1. The molecule has 5 rings (SSSR count). The summed E-state index contributed by atoms with van der Waals surface area (Å²) < 4.78 is 53.5. The number of nitrogens with zero attached hydrogens (tertiary/aromatic N) is 2. The summed E-state index contributed by atoms with van der Waals surface area (Å²) in [5, 5.41) is 0.328. The van der Waals surface area contributed by atoms with Crippen molar-refractivity contribution in [1.82, 2.24) is 14.9 Å². The molecule has 0 saturated heterocycles. The maximum absolute atomic E-state index is 15.2. The van der Waals surface area contributed by atoms with E-state index >= 15 is 4.39 Å². The Kier molecular flexibility index (Phi) is 8.47. The normalized spacial score (nSPS) is 12.0. The monoisotopic (exact) mass is 573 g/mol. The van der Waals surface area contributed by atoms with Gasteiger partial charge in [0.25, 0.3) is 12.3 Å². The summed E-state index contributed by atoms with van der Waals surface area (Å²) in [6, 6.07) is 22.9. The molecule has 0 bridgehead atoms. The summed E-state index contributed by atoms with van der Waals surface area (Å²) in [5.74, 6) is 0.691. The zero-order chi connectivity index (χ0) is 29.8. The molecule has 9 heteroatoms. The van der Waals surface area contributed by atoms with Gasteiger partial charge >= 0.3 is 0 Å². The number of nitrogens with one attached hydrogen (secondary N) is 1. The van der Waals surface area contributed by atoms with Crippen LogP contribution in [0.25, 0.3) is 33.3 Å². The number of hydrogen-bond donors (Lipinski definition) is 1. The molecule has 1 atom stereocenters. The molecule has 5 aromatic rings. The zero-order valence-electron chi connectivity index (χ0n) is 23.4. The number of amides is 1. The van der Waals surface area contributed by atoms with E-state index < -0.39 is 12.6 Å². The lowest BCUT2D eigenvalue weighted by Crippen LogP contribution is -2.29. The minimum absolute atomic E-state index is 0.143. The van der Waals surface area contributed by atoms with Crippen molar-refractivity contribution in [2.24, 2.45) is 0 Å². The van der Waals surface area contributed by atoms with Gasteiger partial charge in [-0.15, -0.1) is 0 Å². The first kappa shape index (κ1) is 28.7. The molecule has 3 aromatic carbocycles. The number of likely N-dealkylation sites (N-methyl/N-ethyl adjacent to an activating group) is 1. The lowest BCUT2D eigenvalue weighted by atomic mass is 9.97. The van der Waals surface area contributed by atoms with Crippen molar-refractivity contribution >= 4 is 16.8 Å². The molecule has 42 heavy (non-hydrogen) atoms. The molecule has 0 radical (unpaired) electrons. The van der Waals surface area contributed by atoms with E-state index in [-0.39, 0.29) is 17.2 Å². The molecule has 1 unspecified atom stereocenters. The van der Waals surface area contributed by atoms with Crippen LogP contribution in [0.1, 0.15) is 27.8 Å². The molecule has 2 heterocycles. The van der Waals surface area contributed by atoms with Crippen LogP contribution in [0.3, 0.4) is 0 Å². The highest BCUT2D eigenvalue weighted by atomic mass is 19.3. The van der Waals surface area contributed by atoms with E-state index in [1.165, 1.54) is 14.2 Å². The number of fused-ring (bicyclic) bond motifs is 1. The van der Waals surface area contributed by atoms with Crippen LogP contribution >= 0.6 is 0 Å². The largest absolute Gasteiger partial charge is 0.493 e. The number of alkyl halides is 3. The van der Waals surface area contributed by atoms with E-state index in [2.05, 4.69) is 9.97 Å². The highest BCUT2D eigenvalue weighted by Gasteiger charge is 2.29. The Morgan fingerprint density at radius 3 is 2.36 bits per heavy atom. The quantitative estimate of drug-likeness (QED) is 0.188. The number of carbonyl (C=O) groups is 1. The molecule has 0 aliphatic rings. The third-order valence-corrected chi connectivity index (χ3v) is 7.23. The molecule has 2 aromatic heterocycles. The third kappa shape index (κ3) is 5.81. The Balaban J connectivity index is 1.50. The van der Waals surface area contributed by atoms with Crippen LogP contribution in [-0.2, 0) is 6.42 Å². The minimum atomic E-state index is -3.23. The van der Waals surface area contributed by atoms with Crippen LogP contribution in [0.15, 0.2) is 85.1 Å². The SMILES string of the molecule is COc1ccc(-c2[nH]c3ccc(-c4cccc(C(=O)N(C)CCc5ccccn5)c4)cc3c2C(F)C(F)F)cc1OC.